The van der Waals surface area contributed by atoms with Crippen molar-refractivity contribution in [2.45, 2.75) is 53.0 Å². The molecule has 0 unspecified atom stereocenters. The summed E-state index contributed by atoms with van der Waals surface area (Å²) >= 11 is 0. The number of hydrogen-bond donors (Lipinski definition) is 3. The van der Waals surface area contributed by atoms with Crippen molar-refractivity contribution >= 4 is 41.5 Å². The highest BCUT2D eigenvalue weighted by Gasteiger charge is 2.13. The summed E-state index contributed by atoms with van der Waals surface area (Å²) < 4.78 is 0. The second-order valence-electron chi connectivity index (χ2n) is 6.28. The maximum Gasteiger partial charge on any atom is 0.242 e. The number of hydrogen-bond acceptors (Lipinski definition) is 2. The standard InChI is InChI=1S/C17H28N4O.HI/c1-6-12-9-8-10-13(7-2)15(12)20-16(18)19-11-14(22)21-17(3,4)5;/h8-10H,6-7,11H2,1-5H3,(H,21,22)(H3,18,19,20);1H. The molecule has 0 aliphatic carbocycles. The molecule has 23 heavy (non-hydrogen) atoms. The minimum Gasteiger partial charge on any atom is -0.370 e. The molecule has 0 aliphatic heterocycles. The number of rotatable bonds is 5. The number of nitrogens with one attached hydrogen (secondary N) is 2. The number of halogens is 1. The van der Waals surface area contributed by atoms with E-state index in [4.69, 9.17) is 5.73 Å². The van der Waals surface area contributed by atoms with E-state index in [1.165, 1.54) is 11.1 Å². The molecule has 1 aromatic carbocycles. The third kappa shape index (κ3) is 7.67. The van der Waals surface area contributed by atoms with Gasteiger partial charge in [-0.2, -0.15) is 0 Å². The predicted molar refractivity (Wildman–Crippen MR) is 109 cm³/mol. The predicted octanol–water partition coefficient (Wildman–Crippen LogP) is 3.07. The van der Waals surface area contributed by atoms with Crippen LogP contribution in [0.15, 0.2) is 23.2 Å². The Morgan fingerprint density at radius 2 is 1.70 bits per heavy atom. The summed E-state index contributed by atoms with van der Waals surface area (Å²) in [5.74, 6) is 0.122. The van der Waals surface area contributed by atoms with E-state index in [9.17, 15) is 4.79 Å². The lowest BCUT2D eigenvalue weighted by Gasteiger charge is -2.20. The Labute approximate surface area is 156 Å². The Bertz CT molecular complexity index is 528. The van der Waals surface area contributed by atoms with Crippen LogP contribution in [-0.4, -0.2) is 24.0 Å². The quantitative estimate of drug-likeness (QED) is 0.380. The summed E-state index contributed by atoms with van der Waals surface area (Å²) in [6.45, 7) is 10.0. The molecule has 1 rings (SSSR count). The van der Waals surface area contributed by atoms with Crippen LogP contribution in [-0.2, 0) is 17.6 Å². The number of aryl methyl sites for hydroxylation is 2. The highest BCUT2D eigenvalue weighted by Crippen LogP contribution is 2.22. The van der Waals surface area contributed by atoms with Gasteiger partial charge in [0.2, 0.25) is 5.91 Å². The zero-order valence-electron chi connectivity index (χ0n) is 14.7. The molecule has 0 aliphatic rings. The van der Waals surface area contributed by atoms with Crippen molar-refractivity contribution in [3.05, 3.63) is 29.3 Å². The fourth-order valence-corrected chi connectivity index (χ4v) is 2.19. The number of guanidine groups is 1. The van der Waals surface area contributed by atoms with Crippen molar-refractivity contribution in [1.29, 1.82) is 0 Å². The summed E-state index contributed by atoms with van der Waals surface area (Å²) in [6, 6.07) is 6.19. The number of para-hydroxylation sites is 1. The highest BCUT2D eigenvalue weighted by molar-refractivity contribution is 14.0. The van der Waals surface area contributed by atoms with E-state index in [1.807, 2.05) is 26.8 Å². The van der Waals surface area contributed by atoms with E-state index in [0.717, 1.165) is 18.5 Å². The second kappa shape index (κ2) is 9.75. The molecule has 130 valence electrons. The first-order valence-corrected chi connectivity index (χ1v) is 7.75. The molecule has 0 radical (unpaired) electrons. The molecule has 4 N–H and O–H groups in total. The van der Waals surface area contributed by atoms with Gasteiger partial charge in [0, 0.05) is 11.2 Å². The van der Waals surface area contributed by atoms with Crippen LogP contribution in [0, 0.1) is 0 Å². The Balaban J connectivity index is 0.00000484. The Morgan fingerprint density at radius 1 is 1.17 bits per heavy atom. The van der Waals surface area contributed by atoms with Gasteiger partial charge in [-0.3, -0.25) is 4.79 Å². The largest absolute Gasteiger partial charge is 0.370 e. The number of nitrogens with zero attached hydrogens (tertiary/aromatic N) is 1. The molecule has 6 heteroatoms. The summed E-state index contributed by atoms with van der Waals surface area (Å²) in [6.07, 6.45) is 1.82. The molecular formula is C17H29IN4O. The molecule has 0 spiro atoms. The lowest BCUT2D eigenvalue weighted by molar-refractivity contribution is -0.121. The van der Waals surface area contributed by atoms with Gasteiger partial charge in [-0.1, -0.05) is 32.0 Å². The lowest BCUT2D eigenvalue weighted by atomic mass is 10.0. The second-order valence-corrected chi connectivity index (χ2v) is 6.28. The molecular weight excluding hydrogens is 403 g/mol. The van der Waals surface area contributed by atoms with Crippen molar-refractivity contribution in [1.82, 2.24) is 5.32 Å². The van der Waals surface area contributed by atoms with Gasteiger partial charge >= 0.3 is 0 Å². The first-order chi connectivity index (χ1) is 10.3. The number of anilines is 1. The molecule has 1 amide bonds. The van der Waals surface area contributed by atoms with Crippen LogP contribution in [0.2, 0.25) is 0 Å². The van der Waals surface area contributed by atoms with Gasteiger partial charge in [-0.15, -0.1) is 24.0 Å². The average Bonchev–Trinajstić information content (AvgIpc) is 2.43. The highest BCUT2D eigenvalue weighted by atomic mass is 127. The molecule has 5 nitrogen and oxygen atoms in total. The van der Waals surface area contributed by atoms with Crippen LogP contribution in [0.3, 0.4) is 0 Å². The fourth-order valence-electron chi connectivity index (χ4n) is 2.19. The van der Waals surface area contributed by atoms with Gasteiger partial charge in [0.1, 0.15) is 6.54 Å². The van der Waals surface area contributed by atoms with E-state index >= 15 is 0 Å². The number of benzene rings is 1. The summed E-state index contributed by atoms with van der Waals surface area (Å²) in [5.41, 5.74) is 9.05. The van der Waals surface area contributed by atoms with Crippen LogP contribution in [0.5, 0.6) is 0 Å². The third-order valence-corrected chi connectivity index (χ3v) is 3.16. The Hall–Kier alpha value is -1.31. The zero-order valence-corrected chi connectivity index (χ0v) is 17.0. The minimum atomic E-state index is -0.265. The monoisotopic (exact) mass is 432 g/mol. The number of carbonyl (C=O) groups is 1. The molecule has 0 aromatic heterocycles. The maximum absolute atomic E-state index is 11.8. The average molecular weight is 432 g/mol. The molecule has 1 aromatic rings. The molecule has 0 saturated heterocycles. The maximum atomic E-state index is 11.8. The van der Waals surface area contributed by atoms with Gasteiger partial charge < -0.3 is 16.4 Å². The molecule has 0 heterocycles. The van der Waals surface area contributed by atoms with Crippen LogP contribution >= 0.6 is 24.0 Å². The van der Waals surface area contributed by atoms with Crippen molar-refractivity contribution < 1.29 is 4.79 Å². The first-order valence-electron chi connectivity index (χ1n) is 7.75. The smallest absolute Gasteiger partial charge is 0.242 e. The normalized spacial score (nSPS) is 11.6. The molecule has 0 saturated carbocycles. The van der Waals surface area contributed by atoms with Crippen molar-refractivity contribution in [2.75, 3.05) is 11.9 Å². The lowest BCUT2D eigenvalue weighted by Crippen LogP contribution is -2.42. The number of nitrogens with two attached hydrogens (primary N) is 1. The van der Waals surface area contributed by atoms with Gasteiger partial charge in [0.05, 0.1) is 0 Å². The SMILES string of the molecule is CCc1cccc(CC)c1NC(N)=NCC(=O)NC(C)(C)C.I. The van der Waals surface area contributed by atoms with Gasteiger partial charge in [0.25, 0.3) is 0 Å². The number of carbonyl (C=O) groups excluding carboxylic acids is 1. The zero-order chi connectivity index (χ0) is 16.8. The molecule has 0 atom stereocenters. The van der Waals surface area contributed by atoms with Gasteiger partial charge in [-0.25, -0.2) is 4.99 Å². The topological polar surface area (TPSA) is 79.5 Å². The summed E-state index contributed by atoms with van der Waals surface area (Å²) in [5, 5.41) is 6.00. The summed E-state index contributed by atoms with van der Waals surface area (Å²) in [4.78, 5) is 15.9. The third-order valence-electron chi connectivity index (χ3n) is 3.16. The van der Waals surface area contributed by atoms with E-state index in [2.05, 4.69) is 41.6 Å². The Morgan fingerprint density at radius 3 is 2.13 bits per heavy atom. The van der Waals surface area contributed by atoms with Gasteiger partial charge in [-0.05, 0) is 44.7 Å². The number of amides is 1. The van der Waals surface area contributed by atoms with E-state index in [-0.39, 0.29) is 47.9 Å². The molecule has 0 fully saturated rings. The number of aliphatic imine (C=N–C) groups is 1. The van der Waals surface area contributed by atoms with E-state index in [0.29, 0.717) is 0 Å². The van der Waals surface area contributed by atoms with Crippen molar-refractivity contribution in [3.63, 3.8) is 0 Å². The Kier molecular flexibility index (Phi) is 9.19. The van der Waals surface area contributed by atoms with Crippen molar-refractivity contribution in [2.24, 2.45) is 10.7 Å². The minimum absolute atomic E-state index is 0. The molecule has 0 bridgehead atoms. The fraction of sp³-hybridized carbons (Fsp3) is 0.529. The van der Waals surface area contributed by atoms with E-state index in [1.54, 1.807) is 0 Å². The van der Waals surface area contributed by atoms with Gasteiger partial charge in [0.15, 0.2) is 5.96 Å². The van der Waals surface area contributed by atoms with E-state index < -0.39 is 0 Å². The van der Waals surface area contributed by atoms with Crippen LogP contribution < -0.4 is 16.4 Å². The van der Waals surface area contributed by atoms with Crippen LogP contribution in [0.1, 0.15) is 45.7 Å². The van der Waals surface area contributed by atoms with Crippen molar-refractivity contribution in [3.8, 4) is 0 Å². The summed E-state index contributed by atoms with van der Waals surface area (Å²) in [7, 11) is 0. The first kappa shape index (κ1) is 21.7. The van der Waals surface area contributed by atoms with Crippen LogP contribution in [0.4, 0.5) is 5.69 Å². The van der Waals surface area contributed by atoms with Crippen LogP contribution in [0.25, 0.3) is 0 Å².